The van der Waals surface area contributed by atoms with Crippen LogP contribution in [-0.4, -0.2) is 5.11 Å². The van der Waals surface area contributed by atoms with Crippen LogP contribution in [-0.2, 0) is 0 Å². The van der Waals surface area contributed by atoms with E-state index in [0.29, 0.717) is 0 Å². The zero-order valence-corrected chi connectivity index (χ0v) is 8.79. The predicted molar refractivity (Wildman–Crippen MR) is 59.6 cm³/mol. The second kappa shape index (κ2) is 3.95. The summed E-state index contributed by atoms with van der Waals surface area (Å²) in [4.78, 5) is 0.996. The summed E-state index contributed by atoms with van der Waals surface area (Å²) in [5.74, 6) is 0. The maximum absolute atomic E-state index is 10.0. The van der Waals surface area contributed by atoms with E-state index in [-0.39, 0.29) is 0 Å². The lowest BCUT2D eigenvalue weighted by molar-refractivity contribution is 0.224. The maximum atomic E-state index is 10.0. The van der Waals surface area contributed by atoms with E-state index in [0.717, 1.165) is 10.4 Å². The van der Waals surface area contributed by atoms with Gasteiger partial charge in [-0.15, -0.1) is 11.3 Å². The van der Waals surface area contributed by atoms with Crippen molar-refractivity contribution in [3.63, 3.8) is 0 Å². The van der Waals surface area contributed by atoms with Crippen LogP contribution >= 0.6 is 11.3 Å². The van der Waals surface area contributed by atoms with Crippen LogP contribution in [0.3, 0.4) is 0 Å². The van der Waals surface area contributed by atoms with Crippen LogP contribution in [0, 0.1) is 6.92 Å². The van der Waals surface area contributed by atoms with Gasteiger partial charge in [-0.3, -0.25) is 0 Å². The molecule has 1 atom stereocenters. The summed E-state index contributed by atoms with van der Waals surface area (Å²) in [7, 11) is 0. The van der Waals surface area contributed by atoms with E-state index >= 15 is 0 Å². The van der Waals surface area contributed by atoms with Gasteiger partial charge in [-0.05, 0) is 23.9 Å². The minimum Gasteiger partial charge on any atom is -0.383 e. The van der Waals surface area contributed by atoms with E-state index in [1.807, 2.05) is 48.7 Å². The molecule has 1 unspecified atom stereocenters. The van der Waals surface area contributed by atoms with Gasteiger partial charge >= 0.3 is 0 Å². The average molecular weight is 204 g/mol. The first-order valence-electron chi connectivity index (χ1n) is 4.55. The average Bonchev–Trinajstić information content (AvgIpc) is 2.69. The Morgan fingerprint density at radius 2 is 2.07 bits per heavy atom. The molecule has 1 aromatic heterocycles. The van der Waals surface area contributed by atoms with Gasteiger partial charge in [0.15, 0.2) is 0 Å². The highest BCUT2D eigenvalue weighted by Gasteiger charge is 2.10. The quantitative estimate of drug-likeness (QED) is 0.796. The first-order chi connectivity index (χ1) is 6.77. The first kappa shape index (κ1) is 9.44. The van der Waals surface area contributed by atoms with Crippen molar-refractivity contribution in [2.45, 2.75) is 13.0 Å². The van der Waals surface area contributed by atoms with Gasteiger partial charge in [0, 0.05) is 4.88 Å². The standard InChI is InChI=1S/C12H12OS/c1-9-4-2-5-10(8-9)12(13)11-6-3-7-14-11/h2-8,12-13H,1H3. The fourth-order valence-electron chi connectivity index (χ4n) is 1.45. The molecule has 0 saturated heterocycles. The van der Waals surface area contributed by atoms with Crippen LogP contribution in [0.1, 0.15) is 22.1 Å². The molecule has 1 heterocycles. The lowest BCUT2D eigenvalue weighted by atomic mass is 10.1. The Kier molecular flexibility index (Phi) is 2.66. The number of thiophene rings is 1. The Morgan fingerprint density at radius 1 is 1.21 bits per heavy atom. The molecular formula is C12H12OS. The second-order valence-electron chi connectivity index (χ2n) is 3.33. The van der Waals surface area contributed by atoms with Gasteiger partial charge in [0.2, 0.25) is 0 Å². The van der Waals surface area contributed by atoms with Crippen LogP contribution in [0.25, 0.3) is 0 Å². The van der Waals surface area contributed by atoms with E-state index in [1.165, 1.54) is 5.56 Å². The highest BCUT2D eigenvalue weighted by atomic mass is 32.1. The van der Waals surface area contributed by atoms with Crippen molar-refractivity contribution in [3.8, 4) is 0 Å². The lowest BCUT2D eigenvalue weighted by Gasteiger charge is -2.09. The van der Waals surface area contributed by atoms with Crippen LogP contribution < -0.4 is 0 Å². The highest BCUT2D eigenvalue weighted by Crippen LogP contribution is 2.25. The number of hydrogen-bond acceptors (Lipinski definition) is 2. The molecule has 0 aliphatic carbocycles. The summed E-state index contributed by atoms with van der Waals surface area (Å²) < 4.78 is 0. The zero-order valence-electron chi connectivity index (χ0n) is 7.97. The molecule has 0 bridgehead atoms. The summed E-state index contributed by atoms with van der Waals surface area (Å²) in [5.41, 5.74) is 2.14. The molecule has 1 aromatic carbocycles. The van der Waals surface area contributed by atoms with Crippen LogP contribution in [0.4, 0.5) is 0 Å². The number of benzene rings is 1. The molecule has 0 amide bonds. The van der Waals surface area contributed by atoms with E-state index in [2.05, 4.69) is 0 Å². The Balaban J connectivity index is 2.32. The third kappa shape index (κ3) is 1.86. The molecule has 72 valence electrons. The fraction of sp³-hybridized carbons (Fsp3) is 0.167. The van der Waals surface area contributed by atoms with E-state index in [9.17, 15) is 5.11 Å². The Morgan fingerprint density at radius 3 is 2.71 bits per heavy atom. The number of rotatable bonds is 2. The minimum absolute atomic E-state index is 0.477. The second-order valence-corrected chi connectivity index (χ2v) is 4.31. The SMILES string of the molecule is Cc1cccc(C(O)c2cccs2)c1. The van der Waals surface area contributed by atoms with Crippen LogP contribution in [0.5, 0.6) is 0 Å². The molecular weight excluding hydrogens is 192 g/mol. The third-order valence-corrected chi connectivity index (χ3v) is 3.10. The topological polar surface area (TPSA) is 20.2 Å². The number of aliphatic hydroxyl groups is 1. The molecule has 0 aliphatic rings. The molecule has 0 aliphatic heterocycles. The Bertz CT molecular complexity index is 406. The van der Waals surface area contributed by atoms with Crippen molar-refractivity contribution >= 4 is 11.3 Å². The largest absolute Gasteiger partial charge is 0.383 e. The minimum atomic E-state index is -0.477. The number of hydrogen-bond donors (Lipinski definition) is 1. The van der Waals surface area contributed by atoms with Gasteiger partial charge in [0.1, 0.15) is 6.10 Å². The summed E-state index contributed by atoms with van der Waals surface area (Å²) in [6, 6.07) is 11.9. The first-order valence-corrected chi connectivity index (χ1v) is 5.43. The smallest absolute Gasteiger partial charge is 0.113 e. The molecule has 2 aromatic rings. The van der Waals surface area contributed by atoms with Gasteiger partial charge in [-0.25, -0.2) is 0 Å². The molecule has 0 spiro atoms. The van der Waals surface area contributed by atoms with Crippen molar-refractivity contribution in [2.75, 3.05) is 0 Å². The molecule has 0 saturated carbocycles. The molecule has 0 fully saturated rings. The van der Waals surface area contributed by atoms with Crippen molar-refractivity contribution in [1.82, 2.24) is 0 Å². The highest BCUT2D eigenvalue weighted by molar-refractivity contribution is 7.10. The maximum Gasteiger partial charge on any atom is 0.113 e. The summed E-state index contributed by atoms with van der Waals surface area (Å²) in [6.07, 6.45) is -0.477. The van der Waals surface area contributed by atoms with Crippen LogP contribution in [0.15, 0.2) is 41.8 Å². The van der Waals surface area contributed by atoms with Crippen molar-refractivity contribution in [3.05, 3.63) is 57.8 Å². The normalized spacial score (nSPS) is 12.7. The van der Waals surface area contributed by atoms with Gasteiger partial charge < -0.3 is 5.11 Å². The molecule has 1 N–H and O–H groups in total. The molecule has 2 heteroatoms. The molecule has 2 rings (SSSR count). The van der Waals surface area contributed by atoms with Crippen molar-refractivity contribution < 1.29 is 5.11 Å². The van der Waals surface area contributed by atoms with Gasteiger partial charge in [-0.2, -0.15) is 0 Å². The number of aliphatic hydroxyl groups excluding tert-OH is 1. The van der Waals surface area contributed by atoms with E-state index in [4.69, 9.17) is 0 Å². The van der Waals surface area contributed by atoms with Gasteiger partial charge in [0.05, 0.1) is 0 Å². The zero-order chi connectivity index (χ0) is 9.97. The molecule has 1 nitrogen and oxygen atoms in total. The van der Waals surface area contributed by atoms with E-state index < -0.39 is 6.10 Å². The molecule has 0 radical (unpaired) electrons. The van der Waals surface area contributed by atoms with E-state index in [1.54, 1.807) is 11.3 Å². The van der Waals surface area contributed by atoms with Crippen molar-refractivity contribution in [1.29, 1.82) is 0 Å². The van der Waals surface area contributed by atoms with Crippen molar-refractivity contribution in [2.24, 2.45) is 0 Å². The molecule has 14 heavy (non-hydrogen) atoms. The monoisotopic (exact) mass is 204 g/mol. The summed E-state index contributed by atoms with van der Waals surface area (Å²) in [5, 5.41) is 12.0. The van der Waals surface area contributed by atoms with Crippen LogP contribution in [0.2, 0.25) is 0 Å². The number of aryl methyl sites for hydroxylation is 1. The fourth-order valence-corrected chi connectivity index (χ4v) is 2.19. The van der Waals surface area contributed by atoms with Gasteiger partial charge in [-0.1, -0.05) is 35.9 Å². The Labute approximate surface area is 87.7 Å². The van der Waals surface area contributed by atoms with Gasteiger partial charge in [0.25, 0.3) is 0 Å². The Hall–Kier alpha value is -1.12. The summed E-state index contributed by atoms with van der Waals surface area (Å²) in [6.45, 7) is 2.03. The third-order valence-electron chi connectivity index (χ3n) is 2.17. The lowest BCUT2D eigenvalue weighted by Crippen LogP contribution is -1.96. The summed E-state index contributed by atoms with van der Waals surface area (Å²) >= 11 is 1.58. The predicted octanol–water partition coefficient (Wildman–Crippen LogP) is 3.14.